The van der Waals surface area contributed by atoms with Crippen LogP contribution in [-0.2, 0) is 4.74 Å². The number of amides is 1. The first-order chi connectivity index (χ1) is 8.04. The summed E-state index contributed by atoms with van der Waals surface area (Å²) in [6.07, 6.45) is -0.952. The van der Waals surface area contributed by atoms with Crippen molar-refractivity contribution in [2.24, 2.45) is 0 Å². The minimum atomic E-state index is -0.952. The van der Waals surface area contributed by atoms with E-state index in [1.165, 1.54) is 0 Å². The Morgan fingerprint density at radius 1 is 1.59 bits per heavy atom. The van der Waals surface area contributed by atoms with E-state index in [9.17, 15) is 19.3 Å². The van der Waals surface area contributed by atoms with E-state index < -0.39 is 22.5 Å². The highest BCUT2D eigenvalue weighted by Crippen LogP contribution is 2.20. The van der Waals surface area contributed by atoms with Crippen LogP contribution in [0.2, 0.25) is 0 Å². The number of nitro benzene ring substituents is 1. The summed E-state index contributed by atoms with van der Waals surface area (Å²) in [5.41, 5.74) is -0.657. The normalized spacial score (nSPS) is 9.76. The van der Waals surface area contributed by atoms with E-state index in [0.717, 1.165) is 12.1 Å². The molecular weight excluding hydrogens is 235 g/mol. The smallest absolute Gasteiger partial charge is 0.411 e. The fourth-order valence-electron chi connectivity index (χ4n) is 1.00. The average Bonchev–Trinajstić information content (AvgIpc) is 2.28. The van der Waals surface area contributed by atoms with Crippen molar-refractivity contribution in [2.45, 2.75) is 0 Å². The van der Waals surface area contributed by atoms with Crippen molar-refractivity contribution in [1.29, 1.82) is 0 Å². The third-order valence-electron chi connectivity index (χ3n) is 1.72. The molecule has 2 N–H and O–H groups in total. The van der Waals surface area contributed by atoms with Gasteiger partial charge in [0.05, 0.1) is 23.3 Å². The Kier molecular flexibility index (Phi) is 4.35. The average molecular weight is 244 g/mol. The van der Waals surface area contributed by atoms with E-state index in [4.69, 9.17) is 5.11 Å². The largest absolute Gasteiger partial charge is 0.447 e. The van der Waals surface area contributed by atoms with Gasteiger partial charge < -0.3 is 9.84 Å². The zero-order chi connectivity index (χ0) is 12.8. The van der Waals surface area contributed by atoms with Gasteiger partial charge in [0.15, 0.2) is 5.82 Å². The molecule has 0 aromatic heterocycles. The van der Waals surface area contributed by atoms with Crippen molar-refractivity contribution in [2.75, 3.05) is 18.5 Å². The van der Waals surface area contributed by atoms with E-state index in [2.05, 4.69) is 4.74 Å². The van der Waals surface area contributed by atoms with Crippen molar-refractivity contribution < 1.29 is 24.0 Å². The molecule has 0 aliphatic carbocycles. The van der Waals surface area contributed by atoms with E-state index in [1.807, 2.05) is 5.32 Å². The Balaban J connectivity index is 2.72. The van der Waals surface area contributed by atoms with Crippen molar-refractivity contribution in [3.05, 3.63) is 34.1 Å². The summed E-state index contributed by atoms with van der Waals surface area (Å²) < 4.78 is 17.7. The minimum absolute atomic E-state index is 0.222. The molecule has 0 radical (unpaired) electrons. The first-order valence-electron chi connectivity index (χ1n) is 4.53. The highest BCUT2D eigenvalue weighted by Gasteiger charge is 2.12. The summed E-state index contributed by atoms with van der Waals surface area (Å²) in [5.74, 6) is -0.944. The highest BCUT2D eigenvalue weighted by atomic mass is 19.1. The molecule has 1 amide bonds. The second kappa shape index (κ2) is 5.75. The van der Waals surface area contributed by atoms with Crippen LogP contribution in [0.3, 0.4) is 0 Å². The fourth-order valence-corrected chi connectivity index (χ4v) is 1.00. The maximum absolute atomic E-state index is 13.3. The third-order valence-corrected chi connectivity index (χ3v) is 1.72. The van der Waals surface area contributed by atoms with Gasteiger partial charge in [-0.3, -0.25) is 15.4 Å². The standard InChI is InChI=1S/C9H9FN2O5/c10-7-5-6(12(15)16)1-2-8(7)11-9(14)17-4-3-13/h1-2,5,13H,3-4H2,(H,11,14). The van der Waals surface area contributed by atoms with Gasteiger partial charge in [0.2, 0.25) is 0 Å². The lowest BCUT2D eigenvalue weighted by Gasteiger charge is -2.06. The number of non-ortho nitro benzene ring substituents is 1. The molecule has 1 rings (SSSR count). The molecule has 0 spiro atoms. The second-order valence-corrected chi connectivity index (χ2v) is 2.91. The Hall–Kier alpha value is -2.22. The van der Waals surface area contributed by atoms with Crippen LogP contribution in [0.25, 0.3) is 0 Å². The van der Waals surface area contributed by atoms with Crippen LogP contribution in [0.4, 0.5) is 20.6 Å². The molecule has 0 aliphatic heterocycles. The van der Waals surface area contributed by atoms with Crippen LogP contribution < -0.4 is 5.32 Å². The van der Waals surface area contributed by atoms with Crippen molar-refractivity contribution in [3.63, 3.8) is 0 Å². The molecule has 7 nitrogen and oxygen atoms in total. The molecule has 0 bridgehead atoms. The van der Waals surface area contributed by atoms with Gasteiger partial charge in [0.25, 0.3) is 5.69 Å². The second-order valence-electron chi connectivity index (χ2n) is 2.91. The molecule has 8 heteroatoms. The van der Waals surface area contributed by atoms with E-state index in [0.29, 0.717) is 6.07 Å². The summed E-state index contributed by atoms with van der Waals surface area (Å²) in [6, 6.07) is 2.78. The third kappa shape index (κ3) is 3.68. The van der Waals surface area contributed by atoms with Crippen LogP contribution in [-0.4, -0.2) is 29.3 Å². The molecule has 17 heavy (non-hydrogen) atoms. The predicted molar refractivity (Wildman–Crippen MR) is 55.1 cm³/mol. The van der Waals surface area contributed by atoms with Gasteiger partial charge in [-0.15, -0.1) is 0 Å². The number of benzene rings is 1. The van der Waals surface area contributed by atoms with Gasteiger partial charge in [-0.25, -0.2) is 9.18 Å². The molecule has 0 saturated carbocycles. The first-order valence-corrected chi connectivity index (χ1v) is 4.53. The maximum Gasteiger partial charge on any atom is 0.411 e. The molecule has 0 atom stereocenters. The zero-order valence-electron chi connectivity index (χ0n) is 8.55. The van der Waals surface area contributed by atoms with Gasteiger partial charge in [0, 0.05) is 6.07 Å². The SMILES string of the molecule is O=C(Nc1ccc([N+](=O)[O-])cc1F)OCCO. The van der Waals surface area contributed by atoms with Crippen LogP contribution in [0.15, 0.2) is 18.2 Å². The van der Waals surface area contributed by atoms with Crippen LogP contribution in [0.5, 0.6) is 0 Å². The van der Waals surface area contributed by atoms with Crippen LogP contribution in [0, 0.1) is 15.9 Å². The predicted octanol–water partition coefficient (Wildman–Crippen LogP) is 1.27. The van der Waals surface area contributed by atoms with Crippen molar-refractivity contribution in [3.8, 4) is 0 Å². The fraction of sp³-hybridized carbons (Fsp3) is 0.222. The number of nitrogens with one attached hydrogen (secondary N) is 1. The van der Waals surface area contributed by atoms with Gasteiger partial charge in [0.1, 0.15) is 6.61 Å². The lowest BCUT2D eigenvalue weighted by molar-refractivity contribution is -0.385. The molecular formula is C9H9FN2O5. The number of hydrogen-bond acceptors (Lipinski definition) is 5. The number of hydrogen-bond donors (Lipinski definition) is 2. The molecule has 0 saturated heterocycles. The number of rotatable bonds is 4. The number of aliphatic hydroxyl groups is 1. The van der Waals surface area contributed by atoms with Crippen molar-refractivity contribution >= 4 is 17.5 Å². The number of carbonyl (C=O) groups excluding carboxylic acids is 1. The Bertz CT molecular complexity index is 437. The Labute approximate surface area is 95.0 Å². The van der Waals surface area contributed by atoms with Gasteiger partial charge in [-0.05, 0) is 6.07 Å². The Morgan fingerprint density at radius 2 is 2.29 bits per heavy atom. The molecule has 1 aromatic carbocycles. The monoisotopic (exact) mass is 244 g/mol. The first kappa shape index (κ1) is 12.8. The molecule has 92 valence electrons. The van der Waals surface area contributed by atoms with Gasteiger partial charge in [-0.1, -0.05) is 0 Å². The Morgan fingerprint density at radius 3 is 2.82 bits per heavy atom. The number of halogens is 1. The molecule has 0 aliphatic rings. The van der Waals surface area contributed by atoms with E-state index in [-0.39, 0.29) is 18.9 Å². The van der Waals surface area contributed by atoms with Crippen molar-refractivity contribution in [1.82, 2.24) is 0 Å². The topological polar surface area (TPSA) is 102 Å². The zero-order valence-corrected chi connectivity index (χ0v) is 8.55. The summed E-state index contributed by atoms with van der Waals surface area (Å²) in [7, 11) is 0. The number of anilines is 1. The number of ether oxygens (including phenoxy) is 1. The summed E-state index contributed by atoms with van der Waals surface area (Å²) in [4.78, 5) is 20.6. The van der Waals surface area contributed by atoms with E-state index >= 15 is 0 Å². The molecule has 0 unspecified atom stereocenters. The molecule has 1 aromatic rings. The lowest BCUT2D eigenvalue weighted by Crippen LogP contribution is -2.16. The maximum atomic E-state index is 13.3. The highest BCUT2D eigenvalue weighted by molar-refractivity contribution is 5.84. The number of nitrogens with zero attached hydrogens (tertiary/aromatic N) is 1. The summed E-state index contributed by atoms with van der Waals surface area (Å²) in [5, 5.41) is 20.7. The molecule has 0 heterocycles. The number of aliphatic hydroxyl groups excluding tert-OH is 1. The lowest BCUT2D eigenvalue weighted by atomic mass is 10.2. The summed E-state index contributed by atoms with van der Waals surface area (Å²) >= 11 is 0. The van der Waals surface area contributed by atoms with Crippen LogP contribution in [0.1, 0.15) is 0 Å². The number of carbonyl (C=O) groups is 1. The minimum Gasteiger partial charge on any atom is -0.447 e. The molecule has 0 fully saturated rings. The summed E-state index contributed by atoms with van der Waals surface area (Å²) in [6.45, 7) is -0.573. The van der Waals surface area contributed by atoms with E-state index in [1.54, 1.807) is 0 Å². The van der Waals surface area contributed by atoms with Gasteiger partial charge in [-0.2, -0.15) is 0 Å². The van der Waals surface area contributed by atoms with Gasteiger partial charge >= 0.3 is 6.09 Å². The number of nitro groups is 1. The van der Waals surface area contributed by atoms with Crippen LogP contribution >= 0.6 is 0 Å². The quantitative estimate of drug-likeness (QED) is 0.613.